The molecule has 164 valence electrons. The second-order valence-electron chi connectivity index (χ2n) is 8.52. The Morgan fingerprint density at radius 1 is 1.22 bits per heavy atom. The first kappa shape index (κ1) is 20.1. The maximum atomic E-state index is 13.3. The number of fused-ring (bicyclic) bond motifs is 5. The van der Waals surface area contributed by atoms with Crippen molar-refractivity contribution < 1.29 is 19.1 Å². The number of ether oxygens (including phenoxy) is 1. The molecule has 1 fully saturated rings. The lowest BCUT2D eigenvalue weighted by Gasteiger charge is -2.52. The number of carbonyl (C=O) groups is 3. The Morgan fingerprint density at radius 3 is 2.75 bits per heavy atom. The van der Waals surface area contributed by atoms with Gasteiger partial charge >= 0.3 is 0 Å². The van der Waals surface area contributed by atoms with E-state index in [1.807, 2.05) is 55.5 Å². The minimum absolute atomic E-state index is 0.194. The Morgan fingerprint density at radius 2 is 1.97 bits per heavy atom. The number of para-hydroxylation sites is 2. The molecule has 2 aliphatic rings. The predicted octanol–water partition coefficient (Wildman–Crippen LogP) is 2.12. The van der Waals surface area contributed by atoms with E-state index in [2.05, 4.69) is 10.3 Å². The van der Waals surface area contributed by atoms with E-state index in [4.69, 9.17) is 10.5 Å². The molecule has 3 aromatic rings. The molecule has 3 atom stereocenters. The van der Waals surface area contributed by atoms with E-state index >= 15 is 0 Å². The summed E-state index contributed by atoms with van der Waals surface area (Å²) < 4.78 is 6.22. The van der Waals surface area contributed by atoms with E-state index < -0.39 is 17.6 Å². The fraction of sp³-hybridized carbons (Fsp3) is 0.292. The van der Waals surface area contributed by atoms with E-state index in [-0.39, 0.29) is 30.8 Å². The van der Waals surface area contributed by atoms with Gasteiger partial charge in [0.15, 0.2) is 5.72 Å². The van der Waals surface area contributed by atoms with E-state index in [1.165, 1.54) is 4.90 Å². The molecule has 5 rings (SSSR count). The number of nitrogens with two attached hydrogens (primary N) is 1. The Labute approximate surface area is 184 Å². The van der Waals surface area contributed by atoms with Crippen LogP contribution in [0.25, 0.3) is 10.9 Å². The molecule has 1 saturated heterocycles. The van der Waals surface area contributed by atoms with Crippen molar-refractivity contribution in [1.82, 2.24) is 15.2 Å². The molecule has 2 aliphatic heterocycles. The van der Waals surface area contributed by atoms with Crippen LogP contribution in [0, 0.1) is 5.92 Å². The van der Waals surface area contributed by atoms with Crippen LogP contribution in [0.15, 0.2) is 54.6 Å². The quantitative estimate of drug-likeness (QED) is 0.535. The van der Waals surface area contributed by atoms with Crippen molar-refractivity contribution in [2.75, 3.05) is 13.1 Å². The number of nitrogens with one attached hydrogen (secondary N) is 2. The fourth-order valence-corrected chi connectivity index (χ4v) is 4.95. The first-order valence-corrected chi connectivity index (χ1v) is 10.6. The fourth-order valence-electron chi connectivity index (χ4n) is 4.95. The van der Waals surface area contributed by atoms with Gasteiger partial charge < -0.3 is 25.7 Å². The van der Waals surface area contributed by atoms with Crippen molar-refractivity contribution in [2.24, 2.45) is 11.7 Å². The summed E-state index contributed by atoms with van der Waals surface area (Å²) in [6.45, 7) is 2.24. The summed E-state index contributed by atoms with van der Waals surface area (Å²) >= 11 is 0. The van der Waals surface area contributed by atoms with Crippen LogP contribution in [0.5, 0.6) is 5.75 Å². The molecule has 1 aromatic heterocycles. The highest BCUT2D eigenvalue weighted by atomic mass is 16.5. The number of hydrogen-bond acceptors (Lipinski definition) is 4. The number of likely N-dealkylation sites (tertiary alicyclic amines) is 1. The second kappa shape index (κ2) is 7.40. The van der Waals surface area contributed by atoms with Gasteiger partial charge in [0.25, 0.3) is 5.91 Å². The normalized spacial score (nSPS) is 24.0. The number of amides is 3. The number of piperidine rings is 1. The van der Waals surface area contributed by atoms with E-state index in [0.717, 1.165) is 16.5 Å². The number of aromatic nitrogens is 1. The number of H-pyrrole nitrogens is 1. The molecule has 3 heterocycles. The molecule has 8 heteroatoms. The summed E-state index contributed by atoms with van der Waals surface area (Å²) in [6, 6.07) is 16.8. The number of nitrogens with zero attached hydrogens (tertiary/aromatic N) is 1. The topological polar surface area (TPSA) is 118 Å². The molecule has 0 spiro atoms. The second-order valence-corrected chi connectivity index (χ2v) is 8.52. The number of benzene rings is 2. The van der Waals surface area contributed by atoms with Crippen LogP contribution in [0.3, 0.4) is 0 Å². The summed E-state index contributed by atoms with van der Waals surface area (Å²) in [5.74, 6) is -1.92. The number of aromatic amines is 1. The molecule has 8 nitrogen and oxygen atoms in total. The molecule has 0 radical (unpaired) electrons. The monoisotopic (exact) mass is 432 g/mol. The van der Waals surface area contributed by atoms with Crippen LogP contribution in [0.2, 0.25) is 0 Å². The summed E-state index contributed by atoms with van der Waals surface area (Å²) in [5, 5.41) is 3.79. The van der Waals surface area contributed by atoms with Crippen LogP contribution in [0.1, 0.15) is 35.3 Å². The van der Waals surface area contributed by atoms with Crippen LogP contribution in [-0.4, -0.2) is 46.4 Å². The summed E-state index contributed by atoms with van der Waals surface area (Å²) in [6.07, 6.45) is 0.458. The van der Waals surface area contributed by atoms with Gasteiger partial charge in [-0.05, 0) is 30.7 Å². The summed E-state index contributed by atoms with van der Waals surface area (Å²) in [5.41, 5.74) is 6.87. The first-order valence-electron chi connectivity index (χ1n) is 10.6. The molecular weight excluding hydrogens is 408 g/mol. The molecular formula is C24H24N4O4. The molecule has 3 amide bonds. The van der Waals surface area contributed by atoms with Crippen molar-refractivity contribution in [3.63, 3.8) is 0 Å². The van der Waals surface area contributed by atoms with Gasteiger partial charge in [0.2, 0.25) is 11.8 Å². The highest BCUT2D eigenvalue weighted by molar-refractivity contribution is 6.02. The van der Waals surface area contributed by atoms with E-state index in [0.29, 0.717) is 17.9 Å². The van der Waals surface area contributed by atoms with Gasteiger partial charge in [-0.25, -0.2) is 0 Å². The number of rotatable bonds is 5. The third kappa shape index (κ3) is 3.19. The van der Waals surface area contributed by atoms with Crippen molar-refractivity contribution in [3.05, 3.63) is 65.9 Å². The van der Waals surface area contributed by atoms with Crippen LogP contribution in [0.4, 0.5) is 0 Å². The molecule has 0 aliphatic carbocycles. The minimum atomic E-state index is -0.961. The zero-order chi connectivity index (χ0) is 22.5. The average Bonchev–Trinajstić information content (AvgIpc) is 3.20. The molecule has 4 N–H and O–H groups in total. The highest BCUT2D eigenvalue weighted by Crippen LogP contribution is 2.49. The van der Waals surface area contributed by atoms with Crippen molar-refractivity contribution in [3.8, 4) is 5.75 Å². The molecule has 3 unspecified atom stereocenters. The molecule has 2 aromatic carbocycles. The Balaban J connectivity index is 1.34. The van der Waals surface area contributed by atoms with Crippen LogP contribution in [-0.2, 0) is 9.59 Å². The van der Waals surface area contributed by atoms with Crippen LogP contribution >= 0.6 is 0 Å². The lowest BCUT2D eigenvalue weighted by Crippen LogP contribution is -2.65. The predicted molar refractivity (Wildman–Crippen MR) is 118 cm³/mol. The Hall–Kier alpha value is -3.81. The SMILES string of the molecule is CC12CC(c3ccccc3O1)C(C(N)=O)C(=O)N2CCNC(=O)c1cc2ccccc2[nH]1. The molecule has 2 bridgehead atoms. The molecule has 0 saturated carbocycles. The van der Waals surface area contributed by atoms with Crippen molar-refractivity contribution >= 4 is 28.6 Å². The number of carbonyl (C=O) groups excluding carboxylic acids is 3. The van der Waals surface area contributed by atoms with Crippen LogP contribution < -0.4 is 15.8 Å². The van der Waals surface area contributed by atoms with Gasteiger partial charge in [0, 0.05) is 36.3 Å². The van der Waals surface area contributed by atoms with Gasteiger partial charge in [-0.15, -0.1) is 0 Å². The maximum Gasteiger partial charge on any atom is 0.267 e. The standard InChI is InChI=1S/C24H24N4O4/c1-24-13-16(15-7-3-5-9-19(15)32-24)20(21(25)29)23(31)28(24)11-10-26-22(30)18-12-14-6-2-4-8-17(14)27-18/h2-9,12,16,20,27H,10-11,13H2,1H3,(H2,25,29)(H,26,30). The Bertz CT molecular complexity index is 1200. The first-order chi connectivity index (χ1) is 15.4. The van der Waals surface area contributed by atoms with Crippen molar-refractivity contribution in [1.29, 1.82) is 0 Å². The van der Waals surface area contributed by atoms with Gasteiger partial charge in [0.05, 0.1) is 0 Å². The van der Waals surface area contributed by atoms with Gasteiger partial charge in [-0.1, -0.05) is 36.4 Å². The Kier molecular flexibility index (Phi) is 4.65. The van der Waals surface area contributed by atoms with Gasteiger partial charge in [0.1, 0.15) is 17.4 Å². The smallest absolute Gasteiger partial charge is 0.267 e. The lowest BCUT2D eigenvalue weighted by molar-refractivity contribution is -0.175. The number of primary amides is 1. The molecule has 32 heavy (non-hydrogen) atoms. The lowest BCUT2D eigenvalue weighted by atomic mass is 9.73. The largest absolute Gasteiger partial charge is 0.468 e. The third-order valence-corrected chi connectivity index (χ3v) is 6.45. The minimum Gasteiger partial charge on any atom is -0.468 e. The van der Waals surface area contributed by atoms with E-state index in [9.17, 15) is 14.4 Å². The summed E-state index contributed by atoms with van der Waals surface area (Å²) in [7, 11) is 0. The third-order valence-electron chi connectivity index (χ3n) is 6.45. The van der Waals surface area contributed by atoms with E-state index in [1.54, 1.807) is 6.07 Å². The van der Waals surface area contributed by atoms with Gasteiger partial charge in [-0.3, -0.25) is 14.4 Å². The highest BCUT2D eigenvalue weighted by Gasteiger charge is 2.55. The summed E-state index contributed by atoms with van der Waals surface area (Å²) in [4.78, 5) is 42.8. The zero-order valence-corrected chi connectivity index (χ0v) is 17.6. The average molecular weight is 432 g/mol. The van der Waals surface area contributed by atoms with Gasteiger partial charge in [-0.2, -0.15) is 0 Å². The van der Waals surface area contributed by atoms with Crippen molar-refractivity contribution in [2.45, 2.75) is 25.0 Å². The zero-order valence-electron chi connectivity index (χ0n) is 17.6. The maximum absolute atomic E-state index is 13.3. The number of hydrogen-bond donors (Lipinski definition) is 3.